The maximum Gasteiger partial charge on any atom is 0.333 e. The van der Waals surface area contributed by atoms with Crippen LogP contribution in [0.5, 0.6) is 0 Å². The van der Waals surface area contributed by atoms with E-state index in [-0.39, 0.29) is 5.97 Å². The number of carbonyl (C=O) groups excluding carboxylic acids is 1. The first kappa shape index (κ1) is 13.4. The lowest BCUT2D eigenvalue weighted by Crippen LogP contribution is -2.00. The van der Waals surface area contributed by atoms with E-state index < -0.39 is 0 Å². The highest BCUT2D eigenvalue weighted by Gasteiger charge is 2.01. The fraction of sp³-hybridized carbons (Fsp3) is 0.500. The molecule has 0 atom stereocenters. The molecule has 0 aromatic rings. The second-order valence-corrected chi connectivity index (χ2v) is 3.18. The Hall–Kier alpha value is -1.56. The van der Waals surface area contributed by atoms with Gasteiger partial charge in [0.2, 0.25) is 0 Å². The number of hydrogen-bond acceptors (Lipinski definition) is 3. The van der Waals surface area contributed by atoms with E-state index in [1.165, 1.54) is 12.7 Å². The molecule has 0 N–H and O–H groups in total. The molecule has 0 saturated heterocycles. The van der Waals surface area contributed by atoms with E-state index in [1.54, 1.807) is 13.0 Å². The van der Waals surface area contributed by atoms with Crippen LogP contribution >= 0.6 is 0 Å². The fourth-order valence-electron chi connectivity index (χ4n) is 1.07. The third kappa shape index (κ3) is 5.69. The number of rotatable bonds is 5. The van der Waals surface area contributed by atoms with Gasteiger partial charge in [-0.25, -0.2) is 4.79 Å². The average molecular weight is 207 g/mol. The minimum Gasteiger partial charge on any atom is -0.466 e. The van der Waals surface area contributed by atoms with Gasteiger partial charge in [-0.2, -0.15) is 5.26 Å². The van der Waals surface area contributed by atoms with Crippen LogP contribution in [0.2, 0.25) is 0 Å². The summed E-state index contributed by atoms with van der Waals surface area (Å²) in [7, 11) is 1.36. The average Bonchev–Trinajstić information content (AvgIpc) is 2.27. The smallest absolute Gasteiger partial charge is 0.333 e. The number of nitriles is 1. The van der Waals surface area contributed by atoms with E-state index in [2.05, 4.69) is 10.8 Å². The number of methoxy groups -OCH3 is 1. The highest BCUT2D eigenvalue weighted by Crippen LogP contribution is 2.10. The highest BCUT2D eigenvalue weighted by atomic mass is 16.5. The lowest BCUT2D eigenvalue weighted by Gasteiger charge is -2.00. The lowest BCUT2D eigenvalue weighted by molar-refractivity contribution is -0.136. The van der Waals surface area contributed by atoms with Crippen molar-refractivity contribution in [2.45, 2.75) is 33.1 Å². The van der Waals surface area contributed by atoms with Crippen LogP contribution in [0.1, 0.15) is 33.1 Å². The Balaban J connectivity index is 4.44. The fourth-order valence-corrected chi connectivity index (χ4v) is 1.07. The Bertz CT molecular complexity index is 308. The standard InChI is InChI=1S/C12H17NO2/c1-4-11(6-5-9-13)8-7-10(2)12(14)15-3/h7-8H,4-6H2,1-3H3/b10-7+,11-8+. The summed E-state index contributed by atoms with van der Waals surface area (Å²) in [6.07, 6.45) is 5.81. The van der Waals surface area contributed by atoms with Gasteiger partial charge in [0.1, 0.15) is 0 Å². The molecular formula is C12H17NO2. The normalized spacial score (nSPS) is 12.1. The molecule has 3 heteroatoms. The molecule has 0 aromatic carbocycles. The summed E-state index contributed by atoms with van der Waals surface area (Å²) in [6, 6.07) is 2.10. The molecule has 0 heterocycles. The number of nitrogens with zero attached hydrogens (tertiary/aromatic N) is 1. The van der Waals surface area contributed by atoms with Crippen molar-refractivity contribution < 1.29 is 9.53 Å². The van der Waals surface area contributed by atoms with E-state index in [1.807, 2.05) is 13.0 Å². The van der Waals surface area contributed by atoms with E-state index >= 15 is 0 Å². The Morgan fingerprint density at radius 3 is 2.60 bits per heavy atom. The van der Waals surface area contributed by atoms with E-state index in [9.17, 15) is 4.79 Å². The minimum absolute atomic E-state index is 0.318. The first-order valence-electron chi connectivity index (χ1n) is 4.97. The van der Waals surface area contributed by atoms with Crippen LogP contribution in [0.15, 0.2) is 23.3 Å². The molecule has 0 spiro atoms. The summed E-state index contributed by atoms with van der Waals surface area (Å²) in [6.45, 7) is 3.74. The summed E-state index contributed by atoms with van der Waals surface area (Å²) in [5, 5.41) is 8.45. The van der Waals surface area contributed by atoms with Crippen LogP contribution < -0.4 is 0 Å². The van der Waals surface area contributed by atoms with Gasteiger partial charge < -0.3 is 4.74 Å². The van der Waals surface area contributed by atoms with Crippen molar-refractivity contribution in [1.82, 2.24) is 0 Å². The zero-order chi connectivity index (χ0) is 11.7. The van der Waals surface area contributed by atoms with Crippen LogP contribution in [-0.2, 0) is 9.53 Å². The minimum atomic E-state index is -0.318. The molecule has 0 rings (SSSR count). The molecule has 0 amide bonds. The van der Waals surface area contributed by atoms with Crippen molar-refractivity contribution in [3.63, 3.8) is 0 Å². The topological polar surface area (TPSA) is 50.1 Å². The zero-order valence-corrected chi connectivity index (χ0v) is 9.54. The van der Waals surface area contributed by atoms with Crippen LogP contribution in [0.3, 0.4) is 0 Å². The second kappa shape index (κ2) is 7.81. The van der Waals surface area contributed by atoms with Gasteiger partial charge in [-0.1, -0.05) is 24.6 Å². The Kier molecular flexibility index (Phi) is 7.00. The molecule has 0 aliphatic rings. The van der Waals surface area contributed by atoms with Gasteiger partial charge in [0.25, 0.3) is 0 Å². The quantitative estimate of drug-likeness (QED) is 0.395. The van der Waals surface area contributed by atoms with Crippen molar-refractivity contribution in [2.24, 2.45) is 0 Å². The molecule has 0 aromatic heterocycles. The van der Waals surface area contributed by atoms with Gasteiger partial charge >= 0.3 is 5.97 Å². The second-order valence-electron chi connectivity index (χ2n) is 3.18. The molecule has 0 unspecified atom stereocenters. The maximum atomic E-state index is 11.1. The van der Waals surface area contributed by atoms with Crippen molar-refractivity contribution in [3.05, 3.63) is 23.3 Å². The van der Waals surface area contributed by atoms with Crippen LogP contribution in [-0.4, -0.2) is 13.1 Å². The molecule has 0 bridgehead atoms. The summed E-state index contributed by atoms with van der Waals surface area (Å²) >= 11 is 0. The van der Waals surface area contributed by atoms with Gasteiger partial charge in [-0.05, 0) is 19.8 Å². The Labute approximate surface area is 91.0 Å². The number of hydrogen-bond donors (Lipinski definition) is 0. The third-order valence-electron chi connectivity index (χ3n) is 2.09. The summed E-state index contributed by atoms with van der Waals surface area (Å²) in [5.74, 6) is -0.318. The van der Waals surface area contributed by atoms with Gasteiger partial charge in [0.05, 0.1) is 13.2 Å². The molecular weight excluding hydrogens is 190 g/mol. The molecule has 0 saturated carbocycles. The summed E-state index contributed by atoms with van der Waals surface area (Å²) in [4.78, 5) is 11.1. The number of carbonyl (C=O) groups is 1. The van der Waals surface area contributed by atoms with Gasteiger partial charge in [-0.15, -0.1) is 0 Å². The molecule has 15 heavy (non-hydrogen) atoms. The largest absolute Gasteiger partial charge is 0.466 e. The zero-order valence-electron chi connectivity index (χ0n) is 9.54. The van der Waals surface area contributed by atoms with Gasteiger partial charge in [0.15, 0.2) is 0 Å². The van der Waals surface area contributed by atoms with Gasteiger partial charge in [-0.3, -0.25) is 0 Å². The van der Waals surface area contributed by atoms with Crippen LogP contribution in [0.4, 0.5) is 0 Å². The van der Waals surface area contributed by atoms with Crippen molar-refractivity contribution in [3.8, 4) is 6.07 Å². The predicted molar refractivity (Wildman–Crippen MR) is 59.0 cm³/mol. The third-order valence-corrected chi connectivity index (χ3v) is 2.09. The summed E-state index contributed by atoms with van der Waals surface area (Å²) < 4.78 is 4.57. The van der Waals surface area contributed by atoms with E-state index in [0.29, 0.717) is 12.0 Å². The van der Waals surface area contributed by atoms with Crippen LogP contribution in [0.25, 0.3) is 0 Å². The summed E-state index contributed by atoms with van der Waals surface area (Å²) in [5.41, 5.74) is 1.74. The molecule has 0 aliphatic carbocycles. The number of ether oxygens (including phenoxy) is 1. The molecule has 0 aliphatic heterocycles. The molecule has 0 fully saturated rings. The van der Waals surface area contributed by atoms with Crippen molar-refractivity contribution in [2.75, 3.05) is 7.11 Å². The Morgan fingerprint density at radius 2 is 2.13 bits per heavy atom. The van der Waals surface area contributed by atoms with E-state index in [4.69, 9.17) is 5.26 Å². The SMILES string of the molecule is CC/C(=C\C=C(/C)C(=O)OC)CCC#N. The lowest BCUT2D eigenvalue weighted by atomic mass is 10.1. The molecule has 0 radical (unpaired) electrons. The number of allylic oxidation sites excluding steroid dienone is 3. The van der Waals surface area contributed by atoms with E-state index in [0.717, 1.165) is 12.8 Å². The Morgan fingerprint density at radius 1 is 1.47 bits per heavy atom. The number of esters is 1. The van der Waals surface area contributed by atoms with Crippen molar-refractivity contribution in [1.29, 1.82) is 5.26 Å². The van der Waals surface area contributed by atoms with Crippen LogP contribution in [0, 0.1) is 11.3 Å². The van der Waals surface area contributed by atoms with Gasteiger partial charge in [0, 0.05) is 12.0 Å². The maximum absolute atomic E-state index is 11.1. The molecule has 82 valence electrons. The highest BCUT2D eigenvalue weighted by molar-refractivity contribution is 5.87. The molecule has 3 nitrogen and oxygen atoms in total. The van der Waals surface area contributed by atoms with Crippen molar-refractivity contribution >= 4 is 5.97 Å². The monoisotopic (exact) mass is 207 g/mol. The predicted octanol–water partition coefficient (Wildman–Crippen LogP) is 2.75. The first-order valence-corrected chi connectivity index (χ1v) is 4.97. The first-order chi connectivity index (χ1) is 7.15.